The number of hydrogen-bond acceptors (Lipinski definition) is 9. The van der Waals surface area contributed by atoms with Crippen LogP contribution in [0.4, 0.5) is 16.2 Å². The van der Waals surface area contributed by atoms with E-state index >= 15 is 0 Å². The van der Waals surface area contributed by atoms with Crippen molar-refractivity contribution in [1.29, 1.82) is 0 Å². The van der Waals surface area contributed by atoms with Crippen molar-refractivity contribution in [2.45, 2.75) is 37.8 Å². The van der Waals surface area contributed by atoms with Gasteiger partial charge in [-0.25, -0.2) is 18.0 Å². The number of carboxylic acids is 1. The molecule has 1 amide bonds. The molecule has 0 unspecified atom stereocenters. The molecule has 0 saturated carbocycles. The van der Waals surface area contributed by atoms with Gasteiger partial charge in [0.05, 0.1) is 38.3 Å². The number of nitrogens with zero attached hydrogens (tertiary/aromatic N) is 3. The Morgan fingerprint density at radius 2 is 1.69 bits per heavy atom. The highest BCUT2D eigenvalue weighted by atomic mass is 35.5. The number of aromatic nitrogens is 1. The van der Waals surface area contributed by atoms with Crippen LogP contribution in [0.1, 0.15) is 51.4 Å². The molecule has 3 aromatic carbocycles. The van der Waals surface area contributed by atoms with E-state index in [2.05, 4.69) is 9.62 Å². The summed E-state index contributed by atoms with van der Waals surface area (Å²) in [6, 6.07) is 16.4. The number of sulfonamides is 1. The maximum absolute atomic E-state index is 14.4. The molecule has 0 radical (unpaired) electrons. The Morgan fingerprint density at radius 1 is 1.00 bits per heavy atom. The highest BCUT2D eigenvalue weighted by molar-refractivity contribution is 7.92. The molecule has 286 valence electrons. The second kappa shape index (κ2) is 16.3. The van der Waals surface area contributed by atoms with Crippen molar-refractivity contribution in [2.24, 2.45) is 5.92 Å². The van der Waals surface area contributed by atoms with Crippen LogP contribution in [0, 0.1) is 5.92 Å². The van der Waals surface area contributed by atoms with E-state index in [0.29, 0.717) is 46.0 Å². The predicted octanol–water partition coefficient (Wildman–Crippen LogP) is 6.22. The van der Waals surface area contributed by atoms with Gasteiger partial charge < -0.3 is 19.3 Å². The zero-order chi connectivity index (χ0) is 38.7. The summed E-state index contributed by atoms with van der Waals surface area (Å²) in [7, 11) is -0.661. The first-order chi connectivity index (χ1) is 25.7. The Balaban J connectivity index is 1.51. The molecular formula is C38H41Cl2N4O9S+. The zero-order valence-electron chi connectivity index (χ0n) is 29.9. The minimum absolute atomic E-state index is 0.0362. The highest BCUT2D eigenvalue weighted by Gasteiger charge is 2.38. The molecule has 1 aromatic heterocycles. The van der Waals surface area contributed by atoms with E-state index in [1.54, 1.807) is 48.5 Å². The van der Waals surface area contributed by atoms with Crippen molar-refractivity contribution < 1.29 is 47.3 Å². The van der Waals surface area contributed by atoms with E-state index in [4.69, 9.17) is 37.4 Å². The van der Waals surface area contributed by atoms with E-state index in [1.165, 1.54) is 43.6 Å². The second-order valence-corrected chi connectivity index (χ2v) is 16.0. The van der Waals surface area contributed by atoms with Crippen molar-refractivity contribution >= 4 is 56.7 Å². The summed E-state index contributed by atoms with van der Waals surface area (Å²) >= 11 is 13.3. The van der Waals surface area contributed by atoms with Crippen molar-refractivity contribution in [2.75, 3.05) is 49.7 Å². The third-order valence-electron chi connectivity index (χ3n) is 9.92. The number of nitrogens with one attached hydrogen (secondary N) is 1. The first-order valence-corrected chi connectivity index (χ1v) is 19.8. The predicted molar refractivity (Wildman–Crippen MR) is 203 cm³/mol. The molecule has 3 saturated heterocycles. The van der Waals surface area contributed by atoms with Crippen LogP contribution >= 0.6 is 23.2 Å². The van der Waals surface area contributed by atoms with E-state index in [0.717, 1.165) is 36.9 Å². The van der Waals surface area contributed by atoms with Gasteiger partial charge in [-0.1, -0.05) is 47.5 Å². The lowest BCUT2D eigenvalue weighted by molar-refractivity contribution is -0.904. The summed E-state index contributed by atoms with van der Waals surface area (Å²) < 4.78 is 44.9. The largest absolute Gasteiger partial charge is 0.493 e. The number of benzene rings is 3. The Bertz CT molecular complexity index is 2140. The van der Waals surface area contributed by atoms with E-state index in [1.807, 2.05) is 0 Å². The molecule has 3 aliphatic rings. The number of rotatable bonds is 13. The fraction of sp³-hybridized carbons (Fsp3) is 0.342. The Morgan fingerprint density at radius 3 is 2.30 bits per heavy atom. The third-order valence-corrected chi connectivity index (χ3v) is 11.2. The lowest BCUT2D eigenvalue weighted by Crippen LogP contribution is -2.53. The van der Waals surface area contributed by atoms with Crippen LogP contribution in [0.25, 0.3) is 0 Å². The number of methoxy groups -OCH3 is 2. The van der Waals surface area contributed by atoms with Gasteiger partial charge in [0, 0.05) is 28.4 Å². The Labute approximate surface area is 323 Å². The average molecular weight is 801 g/mol. The second-order valence-electron chi connectivity index (χ2n) is 13.4. The summed E-state index contributed by atoms with van der Waals surface area (Å²) in [4.78, 5) is 31.1. The minimum atomic E-state index is -3.65. The smallest absolute Gasteiger partial charge is 0.414 e. The Kier molecular flexibility index (Phi) is 11.8. The van der Waals surface area contributed by atoms with Gasteiger partial charge in [0.25, 0.3) is 0 Å². The number of aromatic carboxylic acids is 1. The molecule has 4 heterocycles. The molecule has 3 N–H and O–H groups in total. The topological polar surface area (TPSA) is 159 Å². The number of hydrogen-bond donors (Lipinski definition) is 3. The van der Waals surface area contributed by atoms with Crippen LogP contribution < -0.4 is 23.8 Å². The van der Waals surface area contributed by atoms with Gasteiger partial charge in [-0.3, -0.25) is 19.7 Å². The lowest BCUT2D eigenvalue weighted by Gasteiger charge is -2.44. The number of carbonyl (C=O) groups excluding carboxylic acids is 1. The van der Waals surface area contributed by atoms with Gasteiger partial charge in [-0.15, -0.1) is 0 Å². The van der Waals surface area contributed by atoms with Crippen LogP contribution in [0.2, 0.25) is 10.0 Å². The van der Waals surface area contributed by atoms with Crippen molar-refractivity contribution in [3.63, 3.8) is 0 Å². The number of carboxylic acid groups (broad SMARTS) is 1. The number of fused-ring (bicyclic) bond motifs is 3. The van der Waals surface area contributed by atoms with E-state index in [-0.39, 0.29) is 46.3 Å². The van der Waals surface area contributed by atoms with Crippen molar-refractivity contribution in [3.8, 4) is 11.5 Å². The van der Waals surface area contributed by atoms with Crippen molar-refractivity contribution in [1.82, 2.24) is 4.90 Å². The summed E-state index contributed by atoms with van der Waals surface area (Å²) in [6.45, 7) is 2.33. The van der Waals surface area contributed by atoms with E-state index < -0.39 is 28.0 Å². The molecule has 3 fully saturated rings. The summed E-state index contributed by atoms with van der Waals surface area (Å²) in [5.41, 5.74) is 2.40. The van der Waals surface area contributed by atoms with Gasteiger partial charge in [-0.05, 0) is 91.4 Å². The zero-order valence-corrected chi connectivity index (χ0v) is 32.2. The maximum atomic E-state index is 14.4. The fourth-order valence-electron chi connectivity index (χ4n) is 7.36. The molecule has 13 nitrogen and oxygen atoms in total. The van der Waals surface area contributed by atoms with Crippen LogP contribution in [0.15, 0.2) is 73.1 Å². The van der Waals surface area contributed by atoms with Crippen LogP contribution in [-0.2, 0) is 27.7 Å². The highest BCUT2D eigenvalue weighted by Crippen LogP contribution is 2.41. The number of piperidine rings is 3. The van der Waals surface area contributed by atoms with Crippen LogP contribution in [-0.4, -0.2) is 81.9 Å². The molecular weight excluding hydrogens is 759 g/mol. The molecule has 3 aliphatic heterocycles. The Hall–Kier alpha value is -4.76. The minimum Gasteiger partial charge on any atom is -0.493 e. The number of pyridine rings is 1. The number of halogens is 2. The SMILES string of the molecule is COc1ccc([C@H](Cc2c(Cl)c[n+](O)cc2Cl)c2c(CN(C(=O)O[C@H]3CN4CCC3CC4)c3cccc(NS(C)(=O)=O)c3)cccc2C(=O)O)cc1OC. The average Bonchev–Trinajstić information content (AvgIpc) is 3.13. The number of ether oxygens (including phenoxy) is 3. The molecule has 7 rings (SSSR count). The number of anilines is 2. The summed E-state index contributed by atoms with van der Waals surface area (Å²) in [6.07, 6.45) is 4.46. The summed E-state index contributed by atoms with van der Waals surface area (Å²) in [5, 5.41) is 21.1. The van der Waals surface area contributed by atoms with Gasteiger partial charge in [0.2, 0.25) is 22.4 Å². The first kappa shape index (κ1) is 38.9. The van der Waals surface area contributed by atoms with E-state index in [9.17, 15) is 28.3 Å². The van der Waals surface area contributed by atoms with Gasteiger partial charge >= 0.3 is 12.1 Å². The number of amides is 1. The fourth-order valence-corrected chi connectivity index (χ4v) is 8.53. The molecule has 4 aromatic rings. The molecule has 0 aliphatic carbocycles. The molecule has 2 atom stereocenters. The van der Waals surface area contributed by atoms with Gasteiger partial charge in [0.1, 0.15) is 16.1 Å². The third kappa shape index (κ3) is 8.78. The normalized spacial score (nSPS) is 18.4. The lowest BCUT2D eigenvalue weighted by atomic mass is 9.80. The maximum Gasteiger partial charge on any atom is 0.414 e. The first-order valence-electron chi connectivity index (χ1n) is 17.2. The van der Waals surface area contributed by atoms with Crippen LogP contribution in [0.3, 0.4) is 0 Å². The van der Waals surface area contributed by atoms with Gasteiger partial charge in [0.15, 0.2) is 11.5 Å². The monoisotopic (exact) mass is 799 g/mol. The molecule has 0 spiro atoms. The van der Waals surface area contributed by atoms with Crippen LogP contribution in [0.5, 0.6) is 11.5 Å². The molecule has 16 heteroatoms. The van der Waals surface area contributed by atoms with Gasteiger partial charge in [-0.2, -0.15) is 0 Å². The summed E-state index contributed by atoms with van der Waals surface area (Å²) in [5.74, 6) is -0.915. The quantitative estimate of drug-likeness (QED) is 0.105. The van der Waals surface area contributed by atoms with Crippen molar-refractivity contribution in [3.05, 3.63) is 111 Å². The molecule has 54 heavy (non-hydrogen) atoms. The standard InChI is InChI=1S/C38H40Cl2N4O9S/c1-51-33-11-10-24(16-34(33)52-2)29(18-30-31(39)20-43(48)21-32(30)40)36-25(6-4-9-28(36)37(45)46)19-44(27-8-5-7-26(17-27)41-54(3,49)50)38(47)53-35-22-42-14-12-23(35)13-15-42/h4-11,16-17,20-21,23,29,35,41H,12-15,18-19,22H2,1-3H3,(H-,45,46,48)/p+1/t29-,35-/m0/s1. The number of carbonyl (C=O) groups is 2. The molecule has 2 bridgehead atoms.